The van der Waals surface area contributed by atoms with Crippen molar-refractivity contribution in [3.8, 4) is 0 Å². The third kappa shape index (κ3) is 4.00. The van der Waals surface area contributed by atoms with E-state index in [0.717, 1.165) is 6.07 Å². The highest BCUT2D eigenvalue weighted by Crippen LogP contribution is 2.16. The first-order valence-electron chi connectivity index (χ1n) is 5.20. The molecule has 0 fully saturated rings. The van der Waals surface area contributed by atoms with E-state index < -0.39 is 23.2 Å². The van der Waals surface area contributed by atoms with Crippen LogP contribution in [0.2, 0.25) is 5.02 Å². The Morgan fingerprint density at radius 1 is 1.44 bits per heavy atom. The van der Waals surface area contributed by atoms with Gasteiger partial charge >= 0.3 is 5.97 Å². The first kappa shape index (κ1) is 14.4. The zero-order valence-corrected chi connectivity index (χ0v) is 10.7. The highest BCUT2D eigenvalue weighted by Gasteiger charge is 2.24. The molecule has 1 rings (SSSR count). The molecule has 0 spiro atoms. The van der Waals surface area contributed by atoms with Crippen LogP contribution in [0.25, 0.3) is 0 Å². The number of aliphatic carboxylic acids is 1. The van der Waals surface area contributed by atoms with E-state index in [1.165, 1.54) is 12.1 Å². The quantitative estimate of drug-likeness (QED) is 0.886. The maximum absolute atomic E-state index is 13.2. The minimum absolute atomic E-state index is 0.0728. The van der Waals surface area contributed by atoms with Crippen molar-refractivity contribution in [1.29, 1.82) is 0 Å². The fraction of sp³-hybridized carbons (Fsp3) is 0.333. The lowest BCUT2D eigenvalue weighted by atomic mass is 10.00. The van der Waals surface area contributed by atoms with Gasteiger partial charge in [-0.15, -0.1) is 0 Å². The first-order chi connectivity index (χ1) is 8.21. The van der Waals surface area contributed by atoms with Crippen LogP contribution in [0.15, 0.2) is 18.2 Å². The highest BCUT2D eigenvalue weighted by molar-refractivity contribution is 6.30. The van der Waals surface area contributed by atoms with Crippen LogP contribution in [0.4, 0.5) is 4.39 Å². The van der Waals surface area contributed by atoms with E-state index in [-0.39, 0.29) is 17.0 Å². The fourth-order valence-electron chi connectivity index (χ4n) is 1.44. The van der Waals surface area contributed by atoms with Gasteiger partial charge in [-0.05, 0) is 32.0 Å². The van der Waals surface area contributed by atoms with Crippen LogP contribution in [-0.4, -0.2) is 22.5 Å². The standard InChI is InChI=1S/C12H13ClFNO3/c1-12(2,6-10(16)17)15-11(18)7-3-4-8(13)9(14)5-7/h3-5H,6H2,1-2H3,(H,15,18)(H,16,17). The van der Waals surface area contributed by atoms with Crippen LogP contribution in [-0.2, 0) is 4.79 Å². The second kappa shape index (κ2) is 5.35. The number of carbonyl (C=O) groups excluding carboxylic acids is 1. The van der Waals surface area contributed by atoms with Crippen molar-refractivity contribution >= 4 is 23.5 Å². The van der Waals surface area contributed by atoms with Gasteiger partial charge in [-0.2, -0.15) is 0 Å². The summed E-state index contributed by atoms with van der Waals surface area (Å²) in [5.74, 6) is -2.26. The molecular weight excluding hydrogens is 261 g/mol. The van der Waals surface area contributed by atoms with Crippen molar-refractivity contribution in [2.75, 3.05) is 0 Å². The predicted molar refractivity (Wildman–Crippen MR) is 65.2 cm³/mol. The molecule has 0 aliphatic carbocycles. The van der Waals surface area contributed by atoms with Crippen molar-refractivity contribution in [3.05, 3.63) is 34.6 Å². The number of carboxylic acids is 1. The molecular formula is C12H13ClFNO3. The van der Waals surface area contributed by atoms with E-state index in [2.05, 4.69) is 5.32 Å². The largest absolute Gasteiger partial charge is 0.481 e. The molecule has 1 aromatic rings. The molecule has 0 unspecified atom stereocenters. The van der Waals surface area contributed by atoms with Crippen LogP contribution in [0.3, 0.4) is 0 Å². The Morgan fingerprint density at radius 3 is 2.56 bits per heavy atom. The van der Waals surface area contributed by atoms with Gasteiger partial charge < -0.3 is 10.4 Å². The van der Waals surface area contributed by atoms with Gasteiger partial charge in [-0.25, -0.2) is 4.39 Å². The van der Waals surface area contributed by atoms with Crippen LogP contribution >= 0.6 is 11.6 Å². The summed E-state index contributed by atoms with van der Waals surface area (Å²) >= 11 is 5.50. The molecule has 1 amide bonds. The summed E-state index contributed by atoms with van der Waals surface area (Å²) in [6, 6.07) is 3.65. The van der Waals surface area contributed by atoms with Gasteiger partial charge in [0.1, 0.15) is 5.82 Å². The lowest BCUT2D eigenvalue weighted by molar-refractivity contribution is -0.138. The zero-order chi connectivity index (χ0) is 13.9. The normalized spacial score (nSPS) is 11.1. The van der Waals surface area contributed by atoms with Crippen LogP contribution < -0.4 is 5.32 Å². The van der Waals surface area contributed by atoms with Gasteiger partial charge in [-0.3, -0.25) is 9.59 Å². The molecule has 0 atom stereocenters. The third-order valence-electron chi connectivity index (χ3n) is 2.23. The molecule has 4 nitrogen and oxygen atoms in total. The number of amides is 1. The van der Waals surface area contributed by atoms with E-state index in [0.29, 0.717) is 0 Å². The molecule has 0 aliphatic rings. The number of rotatable bonds is 4. The number of carboxylic acid groups (broad SMARTS) is 1. The average Bonchev–Trinajstić information content (AvgIpc) is 2.19. The number of carbonyl (C=O) groups is 2. The van der Waals surface area contributed by atoms with Gasteiger partial charge in [-0.1, -0.05) is 11.6 Å². The van der Waals surface area contributed by atoms with Crippen LogP contribution in [0.1, 0.15) is 30.6 Å². The molecule has 0 aliphatic heterocycles. The predicted octanol–water partition coefficient (Wildman–Crippen LogP) is 2.46. The summed E-state index contributed by atoms with van der Waals surface area (Å²) < 4.78 is 13.2. The number of hydrogen-bond acceptors (Lipinski definition) is 2. The van der Waals surface area contributed by atoms with Crippen molar-refractivity contribution < 1.29 is 19.1 Å². The fourth-order valence-corrected chi connectivity index (χ4v) is 1.56. The highest BCUT2D eigenvalue weighted by atomic mass is 35.5. The lowest BCUT2D eigenvalue weighted by Gasteiger charge is -2.24. The minimum atomic E-state index is -1.03. The molecule has 1 aromatic carbocycles. The van der Waals surface area contributed by atoms with Gasteiger partial charge in [0, 0.05) is 11.1 Å². The third-order valence-corrected chi connectivity index (χ3v) is 2.53. The lowest BCUT2D eigenvalue weighted by Crippen LogP contribution is -2.44. The number of benzene rings is 1. The van der Waals surface area contributed by atoms with Crippen molar-refractivity contribution in [1.82, 2.24) is 5.32 Å². The maximum atomic E-state index is 13.2. The van der Waals surface area contributed by atoms with Gasteiger partial charge in [0.05, 0.1) is 11.4 Å². The summed E-state index contributed by atoms with van der Waals surface area (Å²) in [6.45, 7) is 3.15. The second-order valence-electron chi connectivity index (χ2n) is 4.54. The van der Waals surface area contributed by atoms with E-state index in [1.54, 1.807) is 13.8 Å². The molecule has 18 heavy (non-hydrogen) atoms. The molecule has 0 aromatic heterocycles. The minimum Gasteiger partial charge on any atom is -0.481 e. The van der Waals surface area contributed by atoms with Crippen LogP contribution in [0.5, 0.6) is 0 Å². The molecule has 6 heteroatoms. The summed E-state index contributed by atoms with van der Waals surface area (Å²) in [5.41, 5.74) is -0.825. The zero-order valence-electron chi connectivity index (χ0n) is 9.96. The van der Waals surface area contributed by atoms with Crippen molar-refractivity contribution in [3.63, 3.8) is 0 Å². The van der Waals surface area contributed by atoms with Gasteiger partial charge in [0.25, 0.3) is 5.91 Å². The molecule has 0 heterocycles. The smallest absolute Gasteiger partial charge is 0.305 e. The maximum Gasteiger partial charge on any atom is 0.305 e. The van der Waals surface area contributed by atoms with Gasteiger partial charge in [0.2, 0.25) is 0 Å². The second-order valence-corrected chi connectivity index (χ2v) is 4.94. The Morgan fingerprint density at radius 2 is 2.06 bits per heavy atom. The molecule has 0 radical (unpaired) electrons. The number of halogens is 2. The van der Waals surface area contributed by atoms with E-state index in [9.17, 15) is 14.0 Å². The Labute approximate surface area is 109 Å². The SMILES string of the molecule is CC(C)(CC(=O)O)NC(=O)c1ccc(Cl)c(F)c1. The molecule has 0 saturated carbocycles. The van der Waals surface area contributed by atoms with E-state index in [1.807, 2.05) is 0 Å². The Bertz CT molecular complexity index is 488. The van der Waals surface area contributed by atoms with Crippen molar-refractivity contribution in [2.24, 2.45) is 0 Å². The van der Waals surface area contributed by atoms with E-state index in [4.69, 9.17) is 16.7 Å². The summed E-state index contributed by atoms with van der Waals surface area (Å²) in [6.07, 6.45) is -0.227. The molecule has 2 N–H and O–H groups in total. The monoisotopic (exact) mass is 273 g/mol. The van der Waals surface area contributed by atoms with Crippen LogP contribution in [0, 0.1) is 5.82 Å². The summed E-state index contributed by atoms with van der Waals surface area (Å²) in [7, 11) is 0. The Hall–Kier alpha value is -1.62. The number of nitrogens with one attached hydrogen (secondary N) is 1. The molecule has 0 saturated heterocycles. The summed E-state index contributed by atoms with van der Waals surface area (Å²) in [5, 5.41) is 11.1. The van der Waals surface area contributed by atoms with Crippen molar-refractivity contribution in [2.45, 2.75) is 25.8 Å². The first-order valence-corrected chi connectivity index (χ1v) is 5.58. The average molecular weight is 274 g/mol. The Balaban J connectivity index is 2.82. The topological polar surface area (TPSA) is 66.4 Å². The van der Waals surface area contributed by atoms with Gasteiger partial charge in [0.15, 0.2) is 0 Å². The van der Waals surface area contributed by atoms with E-state index >= 15 is 0 Å². The number of hydrogen-bond donors (Lipinski definition) is 2. The Kier molecular flexibility index (Phi) is 4.29. The molecule has 0 bridgehead atoms. The molecule has 98 valence electrons. The summed E-state index contributed by atoms with van der Waals surface area (Å²) in [4.78, 5) is 22.4.